The lowest BCUT2D eigenvalue weighted by Crippen LogP contribution is -2.27. The third kappa shape index (κ3) is 16.5. The Morgan fingerprint density at radius 1 is 0.352 bits per heavy atom. The van der Waals surface area contributed by atoms with Crippen LogP contribution in [0, 0.1) is 40.6 Å². The standard InChI is InChI=1S/C97H118N4O2S2/c1-8-14-20-26-32-42-52-95(53-43-33-27-21-15-9-2)82-64-78-84(96(54-44-34-28-22-16-10-3,55-45-35-29-23-17-11-4)86-60-70(104-93(78)86)58-80-89(69(66-98)67-99)72-48-38-40-50-74(72)91(80)102)62-76(82)77-63-85-79(65-83(77)95)94-87(97(85,56-46-36-30-24-18-12-5)57-47-37-31-25-19-13-6)61-71(105-94)59-81-90(88(68-100)101-7)73-49-39-41-51-75(73)92(81)103/h38-41,48-51,58-65H,8-37,42-47,52-57H2,1-6H3/b80-58-,81-59-,90-88+. The number of ketones is 2. The van der Waals surface area contributed by atoms with Crippen LogP contribution in [0.25, 0.3) is 60.2 Å². The lowest BCUT2D eigenvalue weighted by Gasteiger charge is -2.35. The van der Waals surface area contributed by atoms with Crippen molar-refractivity contribution in [2.45, 2.75) is 327 Å². The van der Waals surface area contributed by atoms with Crippen molar-refractivity contribution in [3.63, 3.8) is 0 Å². The van der Waals surface area contributed by atoms with E-state index in [9.17, 15) is 25.4 Å². The van der Waals surface area contributed by atoms with Crippen LogP contribution in [0.4, 0.5) is 0 Å². The van der Waals surface area contributed by atoms with Crippen molar-refractivity contribution in [2.75, 3.05) is 0 Å². The average Bonchev–Trinajstić information content (AvgIpc) is 1.51. The summed E-state index contributed by atoms with van der Waals surface area (Å²) in [5, 5.41) is 31.6. The Morgan fingerprint density at radius 2 is 0.629 bits per heavy atom. The molecule has 0 saturated heterocycles. The number of thiophene rings is 2. The summed E-state index contributed by atoms with van der Waals surface area (Å²) < 4.78 is 0. The third-order valence-corrected chi connectivity index (χ3v) is 27.1. The highest BCUT2D eigenvalue weighted by atomic mass is 32.1. The summed E-state index contributed by atoms with van der Waals surface area (Å²) in [6.45, 7) is 22.1. The molecule has 11 rings (SSSR count). The van der Waals surface area contributed by atoms with Crippen molar-refractivity contribution in [1.82, 2.24) is 0 Å². The minimum atomic E-state index is -0.261. The van der Waals surface area contributed by atoms with Crippen LogP contribution >= 0.6 is 22.7 Å². The van der Waals surface area contributed by atoms with Gasteiger partial charge in [0.1, 0.15) is 17.7 Å². The lowest BCUT2D eigenvalue weighted by molar-refractivity contribution is 0.103. The summed E-state index contributed by atoms with van der Waals surface area (Å²) in [5.41, 5.74) is 17.9. The molecule has 105 heavy (non-hydrogen) atoms. The maximum atomic E-state index is 14.8. The summed E-state index contributed by atoms with van der Waals surface area (Å²) in [6, 6.07) is 37.7. The molecule has 0 spiro atoms. The van der Waals surface area contributed by atoms with E-state index in [1.54, 1.807) is 0 Å². The number of allylic oxidation sites excluding steroid dienone is 6. The topological polar surface area (TPSA) is 110 Å². The van der Waals surface area contributed by atoms with Gasteiger partial charge in [-0.05, 0) is 154 Å². The normalized spacial score (nSPS) is 16.2. The second-order valence-corrected chi connectivity index (χ2v) is 34.0. The maximum Gasteiger partial charge on any atom is 0.270 e. The van der Waals surface area contributed by atoms with Crippen molar-refractivity contribution < 1.29 is 9.59 Å². The number of nitrogens with zero attached hydrogens (tertiary/aromatic N) is 4. The molecule has 0 unspecified atom stereocenters. The molecule has 0 aliphatic heterocycles. The van der Waals surface area contributed by atoms with E-state index in [2.05, 4.69) is 107 Å². The van der Waals surface area contributed by atoms with E-state index in [4.69, 9.17) is 6.57 Å². The summed E-state index contributed by atoms with van der Waals surface area (Å²) in [7, 11) is 0. The molecule has 6 aromatic rings. The highest BCUT2D eigenvalue weighted by molar-refractivity contribution is 7.17. The highest BCUT2D eigenvalue weighted by Crippen LogP contribution is 2.66. The van der Waals surface area contributed by atoms with Crippen LogP contribution in [0.3, 0.4) is 0 Å². The molecule has 4 aromatic carbocycles. The maximum absolute atomic E-state index is 14.8. The molecular weight excluding hydrogens is 1320 g/mol. The Morgan fingerprint density at radius 3 is 0.943 bits per heavy atom. The van der Waals surface area contributed by atoms with Gasteiger partial charge < -0.3 is 0 Å². The van der Waals surface area contributed by atoms with Crippen LogP contribution in [0.2, 0.25) is 0 Å². The fourth-order valence-electron chi connectivity index (χ4n) is 19.3. The smallest absolute Gasteiger partial charge is 0.270 e. The lowest BCUT2D eigenvalue weighted by atomic mass is 9.68. The van der Waals surface area contributed by atoms with Gasteiger partial charge in [0.05, 0.1) is 12.6 Å². The third-order valence-electron chi connectivity index (χ3n) is 24.8. The second-order valence-electron chi connectivity index (χ2n) is 31.8. The van der Waals surface area contributed by atoms with Gasteiger partial charge in [-0.15, -0.1) is 22.7 Å². The summed E-state index contributed by atoms with van der Waals surface area (Å²) >= 11 is 3.66. The number of rotatable bonds is 44. The van der Waals surface area contributed by atoms with Crippen LogP contribution in [0.1, 0.15) is 386 Å². The van der Waals surface area contributed by atoms with E-state index >= 15 is 0 Å². The SMILES string of the molecule is [C-]#[N+]/C(C#N)=C1/C(=C/c2cc3c(s2)-c2cc4c(cc2C3(CCCCCCCC)CCCCCCCC)-c2cc3c(cc2C4(CCCCCCCC)CCCCCCCC)-c2sc(/C=C4\C(=O)c5ccccc5C4=C(C#N)C#N)cc2C3(CCCCCCCC)CCCCCCCC)C(=O)c2ccccc21. The minimum Gasteiger partial charge on any atom is -0.289 e. The van der Waals surface area contributed by atoms with E-state index in [-0.39, 0.29) is 39.1 Å². The van der Waals surface area contributed by atoms with E-state index in [0.717, 1.165) is 86.8 Å². The zero-order chi connectivity index (χ0) is 73.8. The second kappa shape index (κ2) is 37.9. The predicted octanol–water partition coefficient (Wildman–Crippen LogP) is 29.6. The molecule has 5 aliphatic carbocycles. The Labute approximate surface area is 640 Å². The fourth-order valence-corrected chi connectivity index (χ4v) is 21.8. The van der Waals surface area contributed by atoms with Gasteiger partial charge in [0.25, 0.3) is 5.70 Å². The van der Waals surface area contributed by atoms with Gasteiger partial charge in [-0.25, -0.2) is 10.1 Å². The monoisotopic (exact) mass is 1430 g/mol. The first kappa shape index (κ1) is 78.6. The molecule has 5 aliphatic rings. The molecule has 0 amide bonds. The van der Waals surface area contributed by atoms with Gasteiger partial charge in [0.15, 0.2) is 11.6 Å². The van der Waals surface area contributed by atoms with Gasteiger partial charge in [0, 0.05) is 69.2 Å². The molecule has 0 radical (unpaired) electrons. The molecule has 0 bridgehead atoms. The van der Waals surface area contributed by atoms with Gasteiger partial charge in [0.2, 0.25) is 0 Å². The first-order valence-electron chi connectivity index (χ1n) is 42.0. The fraction of sp³-hybridized carbons (Fsp3) is 0.526. The van der Waals surface area contributed by atoms with Crippen molar-refractivity contribution >= 4 is 57.5 Å². The number of hydrogen-bond acceptors (Lipinski definition) is 7. The molecule has 0 N–H and O–H groups in total. The van der Waals surface area contributed by atoms with Crippen molar-refractivity contribution in [3.05, 3.63) is 184 Å². The minimum absolute atomic E-state index is 0.0243. The number of fused-ring (bicyclic) bond motifs is 11. The van der Waals surface area contributed by atoms with Gasteiger partial charge >= 0.3 is 0 Å². The van der Waals surface area contributed by atoms with Crippen molar-refractivity contribution in [2.24, 2.45) is 0 Å². The largest absolute Gasteiger partial charge is 0.289 e. The van der Waals surface area contributed by atoms with Gasteiger partial charge in [-0.1, -0.05) is 321 Å². The number of hydrogen-bond donors (Lipinski definition) is 0. The van der Waals surface area contributed by atoms with Crippen LogP contribution in [-0.4, -0.2) is 11.6 Å². The van der Waals surface area contributed by atoms with E-state index in [0.29, 0.717) is 44.5 Å². The first-order valence-corrected chi connectivity index (χ1v) is 43.6. The van der Waals surface area contributed by atoms with Gasteiger partial charge in [-0.2, -0.15) is 10.5 Å². The number of nitriles is 3. The molecule has 550 valence electrons. The van der Waals surface area contributed by atoms with Crippen LogP contribution < -0.4 is 0 Å². The van der Waals surface area contributed by atoms with Crippen molar-refractivity contribution in [1.29, 1.82) is 15.8 Å². The molecule has 0 fully saturated rings. The molecule has 0 saturated carbocycles. The van der Waals surface area contributed by atoms with E-state index < -0.39 is 0 Å². The first-order chi connectivity index (χ1) is 51.5. The van der Waals surface area contributed by atoms with Crippen LogP contribution in [0.5, 0.6) is 0 Å². The molecule has 2 heterocycles. The molecular formula is C97H118N4O2S2. The van der Waals surface area contributed by atoms with Crippen LogP contribution in [-0.2, 0) is 16.2 Å². The van der Waals surface area contributed by atoms with E-state index in [1.165, 1.54) is 258 Å². The molecule has 6 nitrogen and oxygen atoms in total. The highest BCUT2D eigenvalue weighted by Gasteiger charge is 2.52. The molecule has 0 atom stereocenters. The Bertz CT molecular complexity index is 4030. The molecule has 8 heteroatoms. The average molecular weight is 1440 g/mol. The Kier molecular flexibility index (Phi) is 28.4. The number of carbonyl (C=O) groups excluding carboxylic acids is 2. The van der Waals surface area contributed by atoms with E-state index in [1.807, 2.05) is 77.3 Å². The predicted molar refractivity (Wildman–Crippen MR) is 444 cm³/mol. The Hall–Kier alpha value is -7.46. The number of unbranched alkanes of at least 4 members (excludes halogenated alkanes) is 30. The number of Topliss-reactive ketones (excluding diaryl/α,β-unsaturated/α-hetero) is 2. The summed E-state index contributed by atoms with van der Waals surface area (Å²) in [4.78, 5) is 38.0. The molecule has 2 aromatic heterocycles. The zero-order valence-corrected chi connectivity index (χ0v) is 66.5. The number of carbonyl (C=O) groups is 2. The van der Waals surface area contributed by atoms with Crippen LogP contribution in [0.15, 0.2) is 107 Å². The van der Waals surface area contributed by atoms with Crippen molar-refractivity contribution in [3.8, 4) is 50.2 Å². The zero-order valence-electron chi connectivity index (χ0n) is 64.9. The summed E-state index contributed by atoms with van der Waals surface area (Å²) in [5.74, 6) is -0.248. The summed E-state index contributed by atoms with van der Waals surface area (Å²) in [6.07, 6.45) is 54.4. The quantitative estimate of drug-likeness (QED) is 0.0164. The Balaban J connectivity index is 1.17. The van der Waals surface area contributed by atoms with Gasteiger partial charge in [-0.3, -0.25) is 9.59 Å². The number of benzene rings is 4.